The normalized spacial score (nSPS) is 16.3. The van der Waals surface area contributed by atoms with Crippen molar-refractivity contribution in [3.8, 4) is 5.75 Å². The minimum absolute atomic E-state index is 0.0774. The monoisotopic (exact) mass is 376 g/mol. The molecule has 1 aliphatic rings. The Labute approximate surface area is 156 Å². The largest absolute Gasteiger partial charge is 0.492 e. The van der Waals surface area contributed by atoms with E-state index in [0.29, 0.717) is 29.8 Å². The molecule has 3 rings (SSSR count). The lowest BCUT2D eigenvalue weighted by atomic mass is 10.3. The van der Waals surface area contributed by atoms with Crippen LogP contribution < -0.4 is 15.8 Å². The van der Waals surface area contributed by atoms with Crippen LogP contribution in [0, 0.1) is 0 Å². The van der Waals surface area contributed by atoms with Gasteiger partial charge in [-0.3, -0.25) is 4.90 Å². The Kier molecular flexibility index (Phi) is 6.24. The summed E-state index contributed by atoms with van der Waals surface area (Å²) in [5.41, 5.74) is 5.59. The van der Waals surface area contributed by atoms with Gasteiger partial charge < -0.3 is 20.7 Å². The van der Waals surface area contributed by atoms with Gasteiger partial charge in [0.2, 0.25) is 5.13 Å². The molecule has 1 fully saturated rings. The van der Waals surface area contributed by atoms with Crippen LogP contribution in [0.25, 0.3) is 0 Å². The molecule has 140 valence electrons. The van der Waals surface area contributed by atoms with Gasteiger partial charge in [0.15, 0.2) is 0 Å². The van der Waals surface area contributed by atoms with Crippen molar-refractivity contribution in [2.75, 3.05) is 45.1 Å². The summed E-state index contributed by atoms with van der Waals surface area (Å²) in [6, 6.07) is 9.52. The lowest BCUT2D eigenvalue weighted by Crippen LogP contribution is -2.52. The lowest BCUT2D eigenvalue weighted by molar-refractivity contribution is 0.125. The first-order chi connectivity index (χ1) is 12.6. The van der Waals surface area contributed by atoms with Gasteiger partial charge in [-0.25, -0.2) is 4.79 Å². The van der Waals surface area contributed by atoms with Gasteiger partial charge in [-0.1, -0.05) is 29.5 Å². The number of piperazine rings is 1. The molecule has 0 saturated carbocycles. The number of nitrogens with zero attached hydrogens (tertiary/aromatic N) is 4. The number of rotatable bonds is 6. The Hall–Kier alpha value is -2.39. The van der Waals surface area contributed by atoms with Crippen LogP contribution in [0.1, 0.15) is 18.0 Å². The van der Waals surface area contributed by atoms with Gasteiger partial charge in [0.25, 0.3) is 0 Å². The maximum atomic E-state index is 12.4. The molecule has 0 bridgehead atoms. The number of hydrogen-bond donors (Lipinski definition) is 2. The number of para-hydroxylation sites is 1. The standard InChI is InChI=1S/C17H24N6O2S/c1-13(15-20-21-16(18)26-15)19-17(24)23-9-7-22(8-10-23)11-12-25-14-5-3-2-4-6-14/h2-6,13H,7-12H2,1H3,(H2,18,21)(H,19,24)/t13-/m0/s1. The minimum atomic E-state index is -0.199. The number of amides is 2. The molecule has 8 nitrogen and oxygen atoms in total. The van der Waals surface area contributed by atoms with E-state index in [2.05, 4.69) is 20.4 Å². The van der Waals surface area contributed by atoms with Gasteiger partial charge in [-0.2, -0.15) is 0 Å². The number of nitrogen functional groups attached to an aromatic ring is 1. The molecule has 26 heavy (non-hydrogen) atoms. The third-order valence-corrected chi connectivity index (χ3v) is 5.18. The van der Waals surface area contributed by atoms with Gasteiger partial charge in [0, 0.05) is 32.7 Å². The summed E-state index contributed by atoms with van der Waals surface area (Å²) in [6.07, 6.45) is 0. The molecule has 3 N–H and O–H groups in total. The zero-order valence-corrected chi connectivity index (χ0v) is 15.6. The van der Waals surface area contributed by atoms with Gasteiger partial charge in [0.1, 0.15) is 17.4 Å². The number of nitrogens with one attached hydrogen (secondary N) is 1. The molecule has 1 aliphatic heterocycles. The highest BCUT2D eigenvalue weighted by Gasteiger charge is 2.23. The van der Waals surface area contributed by atoms with Crippen molar-refractivity contribution in [2.45, 2.75) is 13.0 Å². The molecular weight excluding hydrogens is 352 g/mol. The van der Waals surface area contributed by atoms with Crippen molar-refractivity contribution in [3.05, 3.63) is 35.3 Å². The van der Waals surface area contributed by atoms with Crippen molar-refractivity contribution in [2.24, 2.45) is 0 Å². The van der Waals surface area contributed by atoms with Gasteiger partial charge in [-0.05, 0) is 19.1 Å². The van der Waals surface area contributed by atoms with Crippen molar-refractivity contribution < 1.29 is 9.53 Å². The molecule has 0 aliphatic carbocycles. The molecule has 9 heteroatoms. The highest BCUT2D eigenvalue weighted by Crippen LogP contribution is 2.19. The second kappa shape index (κ2) is 8.81. The highest BCUT2D eigenvalue weighted by molar-refractivity contribution is 7.15. The van der Waals surface area contributed by atoms with E-state index < -0.39 is 0 Å². The molecule has 1 saturated heterocycles. The summed E-state index contributed by atoms with van der Waals surface area (Å²) < 4.78 is 5.73. The summed E-state index contributed by atoms with van der Waals surface area (Å²) in [6.45, 7) is 6.45. The molecule has 0 spiro atoms. The van der Waals surface area contributed by atoms with Crippen LogP contribution in [0.4, 0.5) is 9.93 Å². The molecule has 1 aromatic heterocycles. The van der Waals surface area contributed by atoms with E-state index in [1.807, 2.05) is 42.2 Å². The van der Waals surface area contributed by atoms with Crippen molar-refractivity contribution >= 4 is 22.5 Å². The van der Waals surface area contributed by atoms with E-state index in [1.54, 1.807) is 0 Å². The number of aromatic nitrogens is 2. The van der Waals surface area contributed by atoms with Crippen LogP contribution >= 0.6 is 11.3 Å². The third-order valence-electron chi connectivity index (χ3n) is 4.25. The van der Waals surface area contributed by atoms with E-state index in [4.69, 9.17) is 10.5 Å². The summed E-state index contributed by atoms with van der Waals surface area (Å²) in [5, 5.41) is 11.8. The number of nitrogens with two attached hydrogens (primary N) is 1. The van der Waals surface area contributed by atoms with E-state index in [-0.39, 0.29) is 12.1 Å². The Balaban J connectivity index is 1.37. The summed E-state index contributed by atoms with van der Waals surface area (Å²) in [4.78, 5) is 16.5. The van der Waals surface area contributed by atoms with E-state index in [9.17, 15) is 4.79 Å². The molecule has 2 amide bonds. The number of carbonyl (C=O) groups is 1. The van der Waals surface area contributed by atoms with Crippen molar-refractivity contribution in [1.82, 2.24) is 25.3 Å². The van der Waals surface area contributed by atoms with Crippen LogP contribution in [0.15, 0.2) is 30.3 Å². The van der Waals surface area contributed by atoms with Crippen molar-refractivity contribution in [1.29, 1.82) is 0 Å². The maximum Gasteiger partial charge on any atom is 0.318 e. The fourth-order valence-electron chi connectivity index (χ4n) is 2.74. The quantitative estimate of drug-likeness (QED) is 0.795. The zero-order chi connectivity index (χ0) is 18.4. The Morgan fingerprint density at radius 1 is 1.27 bits per heavy atom. The summed E-state index contributed by atoms with van der Waals surface area (Å²) >= 11 is 1.29. The summed E-state index contributed by atoms with van der Waals surface area (Å²) in [7, 11) is 0. The number of anilines is 1. The third kappa shape index (κ3) is 5.06. The second-order valence-electron chi connectivity index (χ2n) is 6.14. The average Bonchev–Trinajstić information content (AvgIpc) is 3.10. The van der Waals surface area contributed by atoms with Crippen LogP contribution in [0.2, 0.25) is 0 Å². The molecule has 0 unspecified atom stereocenters. The first kappa shape index (κ1) is 18.4. The number of urea groups is 1. The second-order valence-corrected chi connectivity index (χ2v) is 7.18. The predicted molar refractivity (Wildman–Crippen MR) is 101 cm³/mol. The van der Waals surface area contributed by atoms with E-state index >= 15 is 0 Å². The van der Waals surface area contributed by atoms with Gasteiger partial charge in [0.05, 0.1) is 6.04 Å². The first-order valence-corrected chi connectivity index (χ1v) is 9.48. The van der Waals surface area contributed by atoms with Crippen LogP contribution in [0.3, 0.4) is 0 Å². The minimum Gasteiger partial charge on any atom is -0.492 e. The smallest absolute Gasteiger partial charge is 0.318 e. The van der Waals surface area contributed by atoms with E-state index in [1.165, 1.54) is 11.3 Å². The number of carbonyl (C=O) groups excluding carboxylic acids is 1. The van der Waals surface area contributed by atoms with Crippen LogP contribution in [-0.2, 0) is 0 Å². The lowest BCUT2D eigenvalue weighted by Gasteiger charge is -2.35. The van der Waals surface area contributed by atoms with Gasteiger partial charge >= 0.3 is 6.03 Å². The fourth-order valence-corrected chi connectivity index (χ4v) is 3.36. The van der Waals surface area contributed by atoms with Crippen LogP contribution in [0.5, 0.6) is 5.75 Å². The molecule has 2 heterocycles. The van der Waals surface area contributed by atoms with Gasteiger partial charge in [-0.15, -0.1) is 10.2 Å². The molecule has 1 atom stereocenters. The summed E-state index contributed by atoms with van der Waals surface area (Å²) in [5.74, 6) is 0.886. The zero-order valence-electron chi connectivity index (χ0n) is 14.8. The Bertz CT molecular complexity index is 702. The predicted octanol–water partition coefficient (Wildman–Crippen LogP) is 1.59. The fraction of sp³-hybridized carbons (Fsp3) is 0.471. The number of hydrogen-bond acceptors (Lipinski definition) is 7. The molecular formula is C17H24N6O2S. The number of ether oxygens (including phenoxy) is 1. The number of benzene rings is 1. The van der Waals surface area contributed by atoms with Crippen LogP contribution in [-0.4, -0.2) is 65.4 Å². The molecule has 0 radical (unpaired) electrons. The average molecular weight is 376 g/mol. The SMILES string of the molecule is C[C@H](NC(=O)N1CCN(CCOc2ccccc2)CC1)c1nnc(N)s1. The Morgan fingerprint density at radius 2 is 2.00 bits per heavy atom. The molecule has 1 aromatic carbocycles. The maximum absolute atomic E-state index is 12.4. The van der Waals surface area contributed by atoms with Crippen molar-refractivity contribution in [3.63, 3.8) is 0 Å². The molecule has 2 aromatic rings. The first-order valence-electron chi connectivity index (χ1n) is 8.66. The Morgan fingerprint density at radius 3 is 2.65 bits per heavy atom. The topological polar surface area (TPSA) is 96.6 Å². The van der Waals surface area contributed by atoms with E-state index in [0.717, 1.165) is 25.4 Å². The highest BCUT2D eigenvalue weighted by atomic mass is 32.1.